The van der Waals surface area contributed by atoms with E-state index in [1.54, 1.807) is 0 Å². The molecule has 0 aromatic carbocycles. The van der Waals surface area contributed by atoms with Crippen LogP contribution in [0.1, 0.15) is 39.4 Å². The Morgan fingerprint density at radius 3 is 2.79 bits per heavy atom. The molecule has 4 heteroatoms. The van der Waals surface area contributed by atoms with Gasteiger partial charge in [-0.05, 0) is 33.6 Å². The van der Waals surface area contributed by atoms with E-state index < -0.39 is 0 Å². The van der Waals surface area contributed by atoms with Crippen molar-refractivity contribution in [2.24, 2.45) is 12.5 Å². The van der Waals surface area contributed by atoms with Crippen molar-refractivity contribution >= 4 is 0 Å². The number of ether oxygens (including phenoxy) is 1. The first-order chi connectivity index (χ1) is 8.90. The molecule has 1 saturated heterocycles. The smallest absolute Gasteiger partial charge is 0.108 e. The zero-order valence-electron chi connectivity index (χ0n) is 12.7. The molecule has 1 fully saturated rings. The Morgan fingerprint density at radius 1 is 1.47 bits per heavy atom. The molecule has 4 nitrogen and oxygen atoms in total. The van der Waals surface area contributed by atoms with Gasteiger partial charge in [-0.1, -0.05) is 0 Å². The van der Waals surface area contributed by atoms with Crippen molar-refractivity contribution in [3.63, 3.8) is 0 Å². The van der Waals surface area contributed by atoms with Crippen LogP contribution in [0.3, 0.4) is 0 Å². The summed E-state index contributed by atoms with van der Waals surface area (Å²) in [5.74, 6) is 1.17. The highest BCUT2D eigenvalue weighted by molar-refractivity contribution is 4.95. The second kappa shape index (κ2) is 5.63. The van der Waals surface area contributed by atoms with Crippen LogP contribution in [0.25, 0.3) is 0 Å². The van der Waals surface area contributed by atoms with Gasteiger partial charge in [0.15, 0.2) is 0 Å². The third kappa shape index (κ3) is 4.05. The maximum atomic E-state index is 5.66. The summed E-state index contributed by atoms with van der Waals surface area (Å²) in [7, 11) is 2.06. The van der Waals surface area contributed by atoms with Crippen LogP contribution in [0.15, 0.2) is 12.4 Å². The van der Waals surface area contributed by atoms with E-state index in [0.717, 1.165) is 39.0 Å². The summed E-state index contributed by atoms with van der Waals surface area (Å²) in [4.78, 5) is 4.42. The Hall–Kier alpha value is -0.870. The number of nitrogens with zero attached hydrogens (tertiary/aromatic N) is 2. The molecule has 0 radical (unpaired) electrons. The summed E-state index contributed by atoms with van der Waals surface area (Å²) in [6.07, 6.45) is 7.21. The molecule has 0 aliphatic carbocycles. The number of aryl methyl sites for hydroxylation is 2. The predicted octanol–water partition coefficient (Wildman–Crippen LogP) is 2.15. The van der Waals surface area contributed by atoms with E-state index in [4.69, 9.17) is 4.74 Å². The minimum absolute atomic E-state index is 0.165. The van der Waals surface area contributed by atoms with E-state index >= 15 is 0 Å². The largest absolute Gasteiger partial charge is 0.381 e. The van der Waals surface area contributed by atoms with Crippen LogP contribution in [0.2, 0.25) is 0 Å². The standard InChI is InChI=1S/C15H27N3O/c1-14(2,3)17-11-15(7-10-19-12-15)6-5-13-16-8-9-18(13)4/h8-9,17H,5-7,10-12H2,1-4H3. The lowest BCUT2D eigenvalue weighted by atomic mass is 9.81. The fourth-order valence-corrected chi connectivity index (χ4v) is 2.54. The first-order valence-corrected chi connectivity index (χ1v) is 7.19. The van der Waals surface area contributed by atoms with Gasteiger partial charge in [-0.25, -0.2) is 4.98 Å². The van der Waals surface area contributed by atoms with Gasteiger partial charge in [-0.3, -0.25) is 0 Å². The Kier molecular flexibility index (Phi) is 4.31. The highest BCUT2D eigenvalue weighted by Crippen LogP contribution is 2.33. The molecule has 1 aromatic rings. The van der Waals surface area contributed by atoms with Crippen molar-refractivity contribution in [1.82, 2.24) is 14.9 Å². The highest BCUT2D eigenvalue weighted by Gasteiger charge is 2.35. The normalized spacial score (nSPS) is 24.0. The summed E-state index contributed by atoms with van der Waals surface area (Å²) >= 11 is 0. The predicted molar refractivity (Wildman–Crippen MR) is 77.2 cm³/mol. The van der Waals surface area contributed by atoms with Crippen molar-refractivity contribution in [2.75, 3.05) is 19.8 Å². The second-order valence-electron chi connectivity index (χ2n) is 6.86. The molecule has 19 heavy (non-hydrogen) atoms. The Morgan fingerprint density at radius 2 is 2.26 bits per heavy atom. The fraction of sp³-hybridized carbons (Fsp3) is 0.800. The summed E-state index contributed by atoms with van der Waals surface area (Å²) in [5, 5.41) is 3.64. The zero-order valence-corrected chi connectivity index (χ0v) is 12.7. The average Bonchev–Trinajstić information content (AvgIpc) is 2.93. The lowest BCUT2D eigenvalue weighted by molar-refractivity contribution is 0.138. The van der Waals surface area contributed by atoms with Crippen molar-refractivity contribution in [2.45, 2.75) is 45.6 Å². The molecular formula is C15H27N3O. The van der Waals surface area contributed by atoms with Gasteiger partial charge in [0.2, 0.25) is 0 Å². The third-order valence-electron chi connectivity index (χ3n) is 3.98. The first kappa shape index (κ1) is 14.5. The summed E-state index contributed by atoms with van der Waals surface area (Å²) in [6, 6.07) is 0. The number of imidazole rings is 1. The van der Waals surface area contributed by atoms with Gasteiger partial charge in [0.05, 0.1) is 6.61 Å². The molecule has 108 valence electrons. The van der Waals surface area contributed by atoms with Gasteiger partial charge in [0.25, 0.3) is 0 Å². The Balaban J connectivity index is 1.94. The molecule has 1 aliphatic rings. The molecule has 1 unspecified atom stereocenters. The monoisotopic (exact) mass is 265 g/mol. The number of aromatic nitrogens is 2. The van der Waals surface area contributed by atoms with E-state index in [1.807, 2.05) is 12.4 Å². The van der Waals surface area contributed by atoms with Crippen LogP contribution in [0.4, 0.5) is 0 Å². The second-order valence-corrected chi connectivity index (χ2v) is 6.86. The molecule has 0 spiro atoms. The average molecular weight is 265 g/mol. The summed E-state index contributed by atoms with van der Waals surface area (Å²) in [6.45, 7) is 9.45. The molecule has 2 heterocycles. The third-order valence-corrected chi connectivity index (χ3v) is 3.98. The maximum Gasteiger partial charge on any atom is 0.108 e. The van der Waals surface area contributed by atoms with Crippen LogP contribution >= 0.6 is 0 Å². The van der Waals surface area contributed by atoms with E-state index in [1.165, 1.54) is 5.82 Å². The molecule has 0 amide bonds. The molecule has 1 aliphatic heterocycles. The SMILES string of the molecule is Cn1ccnc1CCC1(CNC(C)(C)C)CCOC1. The van der Waals surface area contributed by atoms with Crippen LogP contribution in [-0.2, 0) is 18.2 Å². The highest BCUT2D eigenvalue weighted by atomic mass is 16.5. The van der Waals surface area contributed by atoms with Gasteiger partial charge < -0.3 is 14.6 Å². The Bertz CT molecular complexity index is 400. The Labute approximate surface area is 116 Å². The summed E-state index contributed by atoms with van der Waals surface area (Å²) in [5.41, 5.74) is 0.443. The van der Waals surface area contributed by atoms with Gasteiger partial charge in [0, 0.05) is 50.0 Å². The van der Waals surface area contributed by atoms with Crippen LogP contribution in [-0.4, -0.2) is 34.8 Å². The zero-order chi connectivity index (χ0) is 13.9. The van der Waals surface area contributed by atoms with E-state index in [0.29, 0.717) is 0 Å². The minimum atomic E-state index is 0.165. The van der Waals surface area contributed by atoms with E-state index in [9.17, 15) is 0 Å². The van der Waals surface area contributed by atoms with Crippen molar-refractivity contribution < 1.29 is 4.74 Å². The number of nitrogens with one attached hydrogen (secondary N) is 1. The van der Waals surface area contributed by atoms with E-state index in [2.05, 4.69) is 42.7 Å². The number of hydrogen-bond donors (Lipinski definition) is 1. The van der Waals surface area contributed by atoms with Gasteiger partial charge >= 0.3 is 0 Å². The van der Waals surface area contributed by atoms with Gasteiger partial charge in [-0.15, -0.1) is 0 Å². The first-order valence-electron chi connectivity index (χ1n) is 7.19. The molecule has 1 N–H and O–H groups in total. The van der Waals surface area contributed by atoms with Gasteiger partial charge in [-0.2, -0.15) is 0 Å². The minimum Gasteiger partial charge on any atom is -0.381 e. The maximum absolute atomic E-state index is 5.66. The summed E-state index contributed by atoms with van der Waals surface area (Å²) < 4.78 is 7.77. The number of rotatable bonds is 5. The molecule has 0 bridgehead atoms. The fourth-order valence-electron chi connectivity index (χ4n) is 2.54. The number of hydrogen-bond acceptors (Lipinski definition) is 3. The van der Waals surface area contributed by atoms with Crippen molar-refractivity contribution in [3.05, 3.63) is 18.2 Å². The van der Waals surface area contributed by atoms with Crippen LogP contribution in [0.5, 0.6) is 0 Å². The quantitative estimate of drug-likeness (QED) is 0.886. The lowest BCUT2D eigenvalue weighted by Crippen LogP contribution is -2.44. The molecular weight excluding hydrogens is 238 g/mol. The topological polar surface area (TPSA) is 39.1 Å². The van der Waals surface area contributed by atoms with Gasteiger partial charge in [0.1, 0.15) is 5.82 Å². The van der Waals surface area contributed by atoms with Crippen LogP contribution < -0.4 is 5.32 Å². The molecule has 1 atom stereocenters. The molecule has 0 saturated carbocycles. The lowest BCUT2D eigenvalue weighted by Gasteiger charge is -2.32. The van der Waals surface area contributed by atoms with Crippen molar-refractivity contribution in [3.8, 4) is 0 Å². The van der Waals surface area contributed by atoms with Crippen LogP contribution in [0, 0.1) is 5.41 Å². The molecule has 1 aromatic heterocycles. The molecule has 2 rings (SSSR count). The van der Waals surface area contributed by atoms with Crippen molar-refractivity contribution in [1.29, 1.82) is 0 Å². The van der Waals surface area contributed by atoms with E-state index in [-0.39, 0.29) is 11.0 Å².